The van der Waals surface area contributed by atoms with Gasteiger partial charge in [-0.15, -0.1) is 0 Å². The average Bonchev–Trinajstić information content (AvgIpc) is 3.10. The number of nitrogens with one attached hydrogen (secondary N) is 2. The van der Waals surface area contributed by atoms with Gasteiger partial charge in [0.1, 0.15) is 6.04 Å². The van der Waals surface area contributed by atoms with Crippen molar-refractivity contribution >= 4 is 18.0 Å². The topological polar surface area (TPSA) is 116 Å². The van der Waals surface area contributed by atoms with E-state index in [-0.39, 0.29) is 6.04 Å². The highest BCUT2D eigenvalue weighted by Gasteiger charge is 2.27. The van der Waals surface area contributed by atoms with Crippen LogP contribution < -0.4 is 10.6 Å². The number of hydrogen-bond donors (Lipinski definition) is 4. The van der Waals surface area contributed by atoms with Gasteiger partial charge < -0.3 is 20.8 Å². The van der Waals surface area contributed by atoms with E-state index < -0.39 is 30.4 Å². The molecule has 19 heavy (non-hydrogen) atoms. The molecule has 0 heterocycles. The first-order valence-electron chi connectivity index (χ1n) is 6.44. The predicted octanol–water partition coefficient (Wildman–Crippen LogP) is 0.792. The van der Waals surface area contributed by atoms with Gasteiger partial charge in [0.05, 0.1) is 6.42 Å². The van der Waals surface area contributed by atoms with Crippen LogP contribution >= 0.6 is 0 Å². The molecular formula is C12H20N2O5. The number of carboxylic acids is 2. The molecule has 2 atom stereocenters. The Kier molecular flexibility index (Phi) is 5.59. The zero-order valence-electron chi connectivity index (χ0n) is 10.9. The van der Waals surface area contributed by atoms with Crippen molar-refractivity contribution < 1.29 is 24.6 Å². The van der Waals surface area contributed by atoms with Crippen LogP contribution in [0.3, 0.4) is 0 Å². The summed E-state index contributed by atoms with van der Waals surface area (Å²) in [5, 5.41) is 22.2. The first-order chi connectivity index (χ1) is 8.92. The maximum Gasteiger partial charge on any atom is 0.326 e. The highest BCUT2D eigenvalue weighted by molar-refractivity contribution is 5.86. The molecule has 0 aromatic heterocycles. The van der Waals surface area contributed by atoms with Gasteiger partial charge in [-0.3, -0.25) is 4.79 Å². The maximum atomic E-state index is 11.6. The molecular weight excluding hydrogens is 252 g/mol. The van der Waals surface area contributed by atoms with E-state index in [2.05, 4.69) is 10.6 Å². The number of urea groups is 1. The summed E-state index contributed by atoms with van der Waals surface area (Å²) in [4.78, 5) is 32.9. The van der Waals surface area contributed by atoms with E-state index in [1.165, 1.54) is 12.8 Å². The van der Waals surface area contributed by atoms with Crippen LogP contribution in [0.2, 0.25) is 0 Å². The molecule has 1 rings (SSSR count). The molecule has 1 unspecified atom stereocenters. The lowest BCUT2D eigenvalue weighted by molar-refractivity contribution is -0.145. The number of amides is 2. The Hall–Kier alpha value is -1.79. The fraction of sp³-hybridized carbons (Fsp3) is 0.750. The van der Waals surface area contributed by atoms with Crippen LogP contribution in [-0.2, 0) is 9.59 Å². The standard InChI is InChI=1S/C12H20N2O5/c1-2-8(5-7-3-4-7)13-12(19)14-9(11(17)18)6-10(15)16/h7-9H,2-6H2,1H3,(H,15,16)(H,17,18)(H2,13,14,19)/t8?,9-/m0/s1. The first-order valence-corrected chi connectivity index (χ1v) is 6.44. The van der Waals surface area contributed by atoms with Crippen molar-refractivity contribution in [3.8, 4) is 0 Å². The van der Waals surface area contributed by atoms with E-state index >= 15 is 0 Å². The third-order valence-electron chi connectivity index (χ3n) is 3.12. The Labute approximate surface area is 111 Å². The van der Waals surface area contributed by atoms with Gasteiger partial charge in [0, 0.05) is 6.04 Å². The minimum Gasteiger partial charge on any atom is -0.481 e. The molecule has 7 heteroatoms. The van der Waals surface area contributed by atoms with Crippen molar-refractivity contribution in [3.63, 3.8) is 0 Å². The normalized spacial score (nSPS) is 17.3. The second-order valence-electron chi connectivity index (χ2n) is 4.89. The van der Waals surface area contributed by atoms with Crippen LogP contribution in [0.1, 0.15) is 39.0 Å². The Morgan fingerprint density at radius 3 is 2.26 bits per heavy atom. The van der Waals surface area contributed by atoms with Crippen LogP contribution in [0.25, 0.3) is 0 Å². The Morgan fingerprint density at radius 2 is 1.84 bits per heavy atom. The molecule has 0 aromatic carbocycles. The summed E-state index contributed by atoms with van der Waals surface area (Å²) in [6.45, 7) is 1.94. The maximum absolute atomic E-state index is 11.6. The summed E-state index contributed by atoms with van der Waals surface area (Å²) >= 11 is 0. The molecule has 2 amide bonds. The van der Waals surface area contributed by atoms with Gasteiger partial charge in [-0.2, -0.15) is 0 Å². The summed E-state index contributed by atoms with van der Waals surface area (Å²) < 4.78 is 0. The second-order valence-corrected chi connectivity index (χ2v) is 4.89. The third-order valence-corrected chi connectivity index (χ3v) is 3.12. The van der Waals surface area contributed by atoms with E-state index in [0.717, 1.165) is 12.8 Å². The number of carbonyl (C=O) groups excluding carboxylic acids is 1. The molecule has 0 spiro atoms. The first kappa shape index (κ1) is 15.3. The van der Waals surface area contributed by atoms with Gasteiger partial charge in [-0.25, -0.2) is 9.59 Å². The largest absolute Gasteiger partial charge is 0.481 e. The SMILES string of the molecule is CCC(CC1CC1)NC(=O)N[C@@H](CC(=O)O)C(=O)O. The van der Waals surface area contributed by atoms with E-state index in [1.54, 1.807) is 0 Å². The number of aliphatic carboxylic acids is 2. The minimum absolute atomic E-state index is 0.00627. The quantitative estimate of drug-likeness (QED) is 0.521. The molecule has 108 valence electrons. The molecule has 0 radical (unpaired) electrons. The summed E-state index contributed by atoms with van der Waals surface area (Å²) in [6, 6.07) is -2.02. The van der Waals surface area contributed by atoms with E-state index in [0.29, 0.717) is 5.92 Å². The highest BCUT2D eigenvalue weighted by Crippen LogP contribution is 2.33. The zero-order valence-corrected chi connectivity index (χ0v) is 10.9. The lowest BCUT2D eigenvalue weighted by Crippen LogP contribution is -2.49. The molecule has 0 aromatic rings. The zero-order chi connectivity index (χ0) is 14.4. The van der Waals surface area contributed by atoms with Crippen molar-refractivity contribution in [3.05, 3.63) is 0 Å². The number of carbonyl (C=O) groups is 3. The van der Waals surface area contributed by atoms with Gasteiger partial charge >= 0.3 is 18.0 Å². The number of rotatable bonds is 8. The minimum atomic E-state index is -1.41. The van der Waals surface area contributed by atoms with E-state index in [1.807, 2.05) is 6.92 Å². The lowest BCUT2D eigenvalue weighted by atomic mass is 10.1. The second kappa shape index (κ2) is 6.96. The molecule has 0 aliphatic heterocycles. The van der Waals surface area contributed by atoms with Crippen LogP contribution in [0.4, 0.5) is 4.79 Å². The predicted molar refractivity (Wildman–Crippen MR) is 66.8 cm³/mol. The summed E-state index contributed by atoms with van der Waals surface area (Å²) in [5.41, 5.74) is 0. The van der Waals surface area contributed by atoms with E-state index in [4.69, 9.17) is 10.2 Å². The third kappa shape index (κ3) is 6.08. The molecule has 1 saturated carbocycles. The van der Waals surface area contributed by atoms with Crippen molar-refractivity contribution in [2.24, 2.45) is 5.92 Å². The van der Waals surface area contributed by atoms with Gasteiger partial charge in [0.25, 0.3) is 0 Å². The average molecular weight is 272 g/mol. The molecule has 4 N–H and O–H groups in total. The molecule has 1 aliphatic carbocycles. The summed E-state index contributed by atoms with van der Waals surface area (Å²) in [5.74, 6) is -1.97. The molecule has 7 nitrogen and oxygen atoms in total. The van der Waals surface area contributed by atoms with Gasteiger partial charge in [0.15, 0.2) is 0 Å². The van der Waals surface area contributed by atoms with Gasteiger partial charge in [-0.05, 0) is 18.8 Å². The highest BCUT2D eigenvalue weighted by atomic mass is 16.4. The van der Waals surface area contributed by atoms with Crippen LogP contribution in [-0.4, -0.2) is 40.3 Å². The Bertz CT molecular complexity index is 354. The Balaban J connectivity index is 2.41. The molecule has 1 aliphatic rings. The molecule has 1 fully saturated rings. The van der Waals surface area contributed by atoms with Crippen molar-refractivity contribution in [1.29, 1.82) is 0 Å². The van der Waals surface area contributed by atoms with Crippen LogP contribution in [0.5, 0.6) is 0 Å². The number of hydrogen-bond acceptors (Lipinski definition) is 3. The fourth-order valence-electron chi connectivity index (χ4n) is 1.84. The molecule has 0 bridgehead atoms. The smallest absolute Gasteiger partial charge is 0.326 e. The van der Waals surface area contributed by atoms with Crippen molar-refractivity contribution in [2.45, 2.75) is 51.1 Å². The van der Waals surface area contributed by atoms with Crippen molar-refractivity contribution in [2.75, 3.05) is 0 Å². The fourth-order valence-corrected chi connectivity index (χ4v) is 1.84. The van der Waals surface area contributed by atoms with Gasteiger partial charge in [-0.1, -0.05) is 19.8 Å². The van der Waals surface area contributed by atoms with Crippen molar-refractivity contribution in [1.82, 2.24) is 10.6 Å². The lowest BCUT2D eigenvalue weighted by Gasteiger charge is -2.19. The summed E-state index contributed by atoms with van der Waals surface area (Å²) in [6.07, 6.45) is 3.37. The summed E-state index contributed by atoms with van der Waals surface area (Å²) in [7, 11) is 0. The molecule has 0 saturated heterocycles. The van der Waals surface area contributed by atoms with Crippen LogP contribution in [0.15, 0.2) is 0 Å². The van der Waals surface area contributed by atoms with E-state index in [9.17, 15) is 14.4 Å². The Morgan fingerprint density at radius 1 is 1.21 bits per heavy atom. The number of carboxylic acid groups (broad SMARTS) is 2. The monoisotopic (exact) mass is 272 g/mol. The van der Waals surface area contributed by atoms with Gasteiger partial charge in [0.2, 0.25) is 0 Å². The van der Waals surface area contributed by atoms with Crippen LogP contribution in [0, 0.1) is 5.92 Å².